The summed E-state index contributed by atoms with van der Waals surface area (Å²) in [5, 5.41) is 11.9. The summed E-state index contributed by atoms with van der Waals surface area (Å²) in [5.74, 6) is 0. The smallest absolute Gasteiger partial charge is 0.0643 e. The fourth-order valence-corrected chi connectivity index (χ4v) is 1.78. The van der Waals surface area contributed by atoms with E-state index in [2.05, 4.69) is 23.7 Å². The Bertz CT molecular complexity index is 330. The lowest BCUT2D eigenvalue weighted by molar-refractivity contribution is 0.817. The molecule has 1 aromatic rings. The van der Waals surface area contributed by atoms with E-state index in [1.165, 1.54) is 4.90 Å². The highest BCUT2D eigenvalue weighted by molar-refractivity contribution is 7.98. The predicted octanol–water partition coefficient (Wildman–Crippen LogP) is 3.12. The van der Waals surface area contributed by atoms with Crippen LogP contribution in [0.4, 0.5) is 5.69 Å². The number of hydrogen-bond donors (Lipinski definition) is 1. The van der Waals surface area contributed by atoms with Gasteiger partial charge in [0.05, 0.1) is 12.5 Å². The van der Waals surface area contributed by atoms with Gasteiger partial charge in [-0.25, -0.2) is 0 Å². The fourth-order valence-electron chi connectivity index (χ4n) is 1.22. The lowest BCUT2D eigenvalue weighted by Gasteiger charge is -2.14. The van der Waals surface area contributed by atoms with Gasteiger partial charge in [0.2, 0.25) is 0 Å². The van der Waals surface area contributed by atoms with Gasteiger partial charge in [-0.05, 0) is 25.3 Å². The molecular formula is C11H14N2S. The molecule has 0 aliphatic heterocycles. The summed E-state index contributed by atoms with van der Waals surface area (Å²) in [4.78, 5) is 1.22. The standard InChI is InChI=1S/C11H14N2S/c1-9(7-8-12)13-10-5-3-4-6-11(10)14-2/h3-6,9,13H,7H2,1-2H3. The first-order valence-corrected chi connectivity index (χ1v) is 5.77. The second kappa shape index (κ2) is 5.56. The zero-order chi connectivity index (χ0) is 10.4. The van der Waals surface area contributed by atoms with Crippen molar-refractivity contribution in [2.24, 2.45) is 0 Å². The molecule has 2 nitrogen and oxygen atoms in total. The number of para-hydroxylation sites is 1. The van der Waals surface area contributed by atoms with Gasteiger partial charge in [0.25, 0.3) is 0 Å². The molecule has 0 bridgehead atoms. The van der Waals surface area contributed by atoms with Crippen LogP contribution in [0.3, 0.4) is 0 Å². The van der Waals surface area contributed by atoms with Crippen molar-refractivity contribution < 1.29 is 0 Å². The average molecular weight is 206 g/mol. The van der Waals surface area contributed by atoms with Crippen LogP contribution in [0.15, 0.2) is 29.2 Å². The molecule has 1 unspecified atom stereocenters. The number of nitrogens with one attached hydrogen (secondary N) is 1. The van der Waals surface area contributed by atoms with Crippen molar-refractivity contribution in [1.29, 1.82) is 5.26 Å². The molecule has 1 N–H and O–H groups in total. The SMILES string of the molecule is CSc1ccccc1NC(C)CC#N. The van der Waals surface area contributed by atoms with E-state index in [1.807, 2.05) is 25.1 Å². The molecule has 74 valence electrons. The number of anilines is 1. The molecule has 1 atom stereocenters. The molecule has 0 heterocycles. The predicted molar refractivity (Wildman–Crippen MR) is 61.5 cm³/mol. The summed E-state index contributed by atoms with van der Waals surface area (Å²) in [7, 11) is 0. The van der Waals surface area contributed by atoms with Crippen molar-refractivity contribution in [3.05, 3.63) is 24.3 Å². The Morgan fingerprint density at radius 3 is 2.86 bits per heavy atom. The first-order chi connectivity index (χ1) is 6.77. The van der Waals surface area contributed by atoms with Gasteiger partial charge in [-0.1, -0.05) is 12.1 Å². The maximum atomic E-state index is 8.55. The zero-order valence-electron chi connectivity index (χ0n) is 8.45. The summed E-state index contributed by atoms with van der Waals surface area (Å²) >= 11 is 1.71. The molecule has 0 fully saturated rings. The minimum absolute atomic E-state index is 0.202. The van der Waals surface area contributed by atoms with Crippen molar-refractivity contribution in [3.8, 4) is 6.07 Å². The molecule has 0 radical (unpaired) electrons. The Hall–Kier alpha value is -1.14. The number of nitriles is 1. The van der Waals surface area contributed by atoms with E-state index in [0.717, 1.165) is 5.69 Å². The molecule has 0 saturated heterocycles. The number of rotatable bonds is 4. The van der Waals surface area contributed by atoms with Crippen molar-refractivity contribution in [3.63, 3.8) is 0 Å². The highest BCUT2D eigenvalue weighted by Gasteiger charge is 2.04. The molecule has 3 heteroatoms. The first-order valence-electron chi connectivity index (χ1n) is 4.54. The van der Waals surface area contributed by atoms with Crippen LogP contribution in [0.2, 0.25) is 0 Å². The normalized spacial score (nSPS) is 11.8. The summed E-state index contributed by atoms with van der Waals surface area (Å²) in [6, 6.07) is 10.5. The summed E-state index contributed by atoms with van der Waals surface area (Å²) in [5.41, 5.74) is 1.11. The van der Waals surface area contributed by atoms with Gasteiger partial charge in [0.15, 0.2) is 0 Å². The summed E-state index contributed by atoms with van der Waals surface area (Å²) in [6.07, 6.45) is 2.58. The number of thioether (sulfide) groups is 1. The van der Waals surface area contributed by atoms with Gasteiger partial charge >= 0.3 is 0 Å². The van der Waals surface area contributed by atoms with Crippen LogP contribution in [-0.4, -0.2) is 12.3 Å². The van der Waals surface area contributed by atoms with Crippen LogP contribution in [0.5, 0.6) is 0 Å². The molecule has 1 aromatic carbocycles. The molecule has 14 heavy (non-hydrogen) atoms. The topological polar surface area (TPSA) is 35.8 Å². The Morgan fingerprint density at radius 2 is 2.21 bits per heavy atom. The Balaban J connectivity index is 2.71. The maximum absolute atomic E-state index is 8.55. The monoisotopic (exact) mass is 206 g/mol. The highest BCUT2D eigenvalue weighted by atomic mass is 32.2. The summed E-state index contributed by atoms with van der Waals surface area (Å²) in [6.45, 7) is 2.01. The fraction of sp³-hybridized carbons (Fsp3) is 0.364. The third-order valence-corrected chi connectivity index (χ3v) is 2.70. The number of benzene rings is 1. The zero-order valence-corrected chi connectivity index (χ0v) is 9.27. The van der Waals surface area contributed by atoms with Gasteiger partial charge in [-0.2, -0.15) is 5.26 Å². The van der Waals surface area contributed by atoms with Crippen LogP contribution < -0.4 is 5.32 Å². The lowest BCUT2D eigenvalue weighted by Crippen LogP contribution is -2.14. The quantitative estimate of drug-likeness (QED) is 0.769. The maximum Gasteiger partial charge on any atom is 0.0643 e. The van der Waals surface area contributed by atoms with Crippen molar-refractivity contribution >= 4 is 17.4 Å². The Morgan fingerprint density at radius 1 is 1.50 bits per heavy atom. The van der Waals surface area contributed by atoms with E-state index in [-0.39, 0.29) is 6.04 Å². The van der Waals surface area contributed by atoms with Crippen LogP contribution in [0.1, 0.15) is 13.3 Å². The van der Waals surface area contributed by atoms with E-state index >= 15 is 0 Å². The minimum atomic E-state index is 0.202. The van der Waals surface area contributed by atoms with Crippen molar-refractivity contribution in [2.75, 3.05) is 11.6 Å². The van der Waals surface area contributed by atoms with Crippen LogP contribution >= 0.6 is 11.8 Å². The van der Waals surface area contributed by atoms with Gasteiger partial charge in [0, 0.05) is 16.6 Å². The van der Waals surface area contributed by atoms with Gasteiger partial charge in [-0.3, -0.25) is 0 Å². The molecule has 0 saturated carbocycles. The highest BCUT2D eigenvalue weighted by Crippen LogP contribution is 2.25. The first kappa shape index (κ1) is 10.9. The molecule has 0 spiro atoms. The molecule has 0 aliphatic carbocycles. The van der Waals surface area contributed by atoms with Crippen LogP contribution in [0, 0.1) is 11.3 Å². The van der Waals surface area contributed by atoms with Gasteiger partial charge in [0.1, 0.15) is 0 Å². The Kier molecular flexibility index (Phi) is 4.34. The molecule has 0 aliphatic rings. The lowest BCUT2D eigenvalue weighted by atomic mass is 10.2. The second-order valence-corrected chi connectivity index (χ2v) is 3.96. The Labute approximate surface area is 89.3 Å². The van der Waals surface area contributed by atoms with Crippen LogP contribution in [-0.2, 0) is 0 Å². The van der Waals surface area contributed by atoms with E-state index in [0.29, 0.717) is 6.42 Å². The van der Waals surface area contributed by atoms with E-state index in [9.17, 15) is 0 Å². The number of hydrogen-bond acceptors (Lipinski definition) is 3. The minimum Gasteiger partial charge on any atom is -0.381 e. The summed E-state index contributed by atoms with van der Waals surface area (Å²) < 4.78 is 0. The van der Waals surface area contributed by atoms with Crippen LogP contribution in [0.25, 0.3) is 0 Å². The molecule has 0 amide bonds. The van der Waals surface area contributed by atoms with Crippen molar-refractivity contribution in [1.82, 2.24) is 0 Å². The van der Waals surface area contributed by atoms with Crippen molar-refractivity contribution in [2.45, 2.75) is 24.3 Å². The third-order valence-electron chi connectivity index (χ3n) is 1.91. The van der Waals surface area contributed by atoms with E-state index < -0.39 is 0 Å². The van der Waals surface area contributed by atoms with Gasteiger partial charge < -0.3 is 5.32 Å². The third kappa shape index (κ3) is 2.97. The van der Waals surface area contributed by atoms with E-state index in [1.54, 1.807) is 11.8 Å². The van der Waals surface area contributed by atoms with Gasteiger partial charge in [-0.15, -0.1) is 11.8 Å². The van der Waals surface area contributed by atoms with E-state index in [4.69, 9.17) is 5.26 Å². The molecule has 0 aromatic heterocycles. The molecule has 1 rings (SSSR count). The molecular weight excluding hydrogens is 192 g/mol. The number of nitrogens with zero attached hydrogens (tertiary/aromatic N) is 1. The largest absolute Gasteiger partial charge is 0.381 e. The average Bonchev–Trinajstić information content (AvgIpc) is 2.19. The second-order valence-electron chi connectivity index (χ2n) is 3.11.